The third kappa shape index (κ3) is 4.75. The molecule has 2 N–H and O–H groups in total. The lowest BCUT2D eigenvalue weighted by Gasteiger charge is -2.09. The van der Waals surface area contributed by atoms with E-state index in [2.05, 4.69) is 22.5 Å². The second kappa shape index (κ2) is 8.67. The number of halogens is 1. The summed E-state index contributed by atoms with van der Waals surface area (Å²) in [5.41, 5.74) is 3.86. The second-order valence-corrected chi connectivity index (χ2v) is 6.76. The van der Waals surface area contributed by atoms with Crippen LogP contribution in [0.25, 0.3) is 0 Å². The average Bonchev–Trinajstić information content (AvgIpc) is 2.71. The Bertz CT molecular complexity index is 1020. The Morgan fingerprint density at radius 1 is 0.929 bits per heavy atom. The molecular formula is C22H20ClN3O2. The molecule has 0 unspecified atom stereocenters. The fourth-order valence-corrected chi connectivity index (χ4v) is 2.77. The van der Waals surface area contributed by atoms with E-state index in [1.165, 1.54) is 17.8 Å². The topological polar surface area (TPSA) is 71.1 Å². The van der Waals surface area contributed by atoms with Gasteiger partial charge in [-0.1, -0.05) is 36.7 Å². The third-order valence-electron chi connectivity index (χ3n) is 4.30. The number of nitrogens with zero attached hydrogens (tertiary/aromatic N) is 1. The van der Waals surface area contributed by atoms with Crippen LogP contribution in [0.4, 0.5) is 11.4 Å². The van der Waals surface area contributed by atoms with Crippen LogP contribution in [0.3, 0.4) is 0 Å². The molecule has 0 radical (unpaired) electrons. The molecule has 28 heavy (non-hydrogen) atoms. The lowest BCUT2D eigenvalue weighted by atomic mass is 10.1. The summed E-state index contributed by atoms with van der Waals surface area (Å²) in [5.74, 6) is -0.721. The van der Waals surface area contributed by atoms with Gasteiger partial charge < -0.3 is 10.6 Å². The van der Waals surface area contributed by atoms with Crippen LogP contribution in [-0.4, -0.2) is 16.8 Å². The lowest BCUT2D eigenvalue weighted by Crippen LogP contribution is -2.17. The summed E-state index contributed by atoms with van der Waals surface area (Å²) in [5, 5.41) is 6.13. The van der Waals surface area contributed by atoms with E-state index in [1.54, 1.807) is 18.2 Å². The smallest absolute Gasteiger partial charge is 0.274 e. The summed E-state index contributed by atoms with van der Waals surface area (Å²) < 4.78 is 0. The van der Waals surface area contributed by atoms with Gasteiger partial charge in [-0.05, 0) is 60.9 Å². The Hall–Kier alpha value is -3.18. The number of anilines is 2. The van der Waals surface area contributed by atoms with Crippen molar-refractivity contribution in [3.8, 4) is 0 Å². The number of nitrogens with one attached hydrogen (secondary N) is 2. The molecule has 1 heterocycles. The van der Waals surface area contributed by atoms with E-state index in [1.807, 2.05) is 37.3 Å². The quantitative estimate of drug-likeness (QED) is 0.632. The van der Waals surface area contributed by atoms with Crippen LogP contribution in [-0.2, 0) is 6.42 Å². The van der Waals surface area contributed by atoms with Crippen molar-refractivity contribution in [1.29, 1.82) is 0 Å². The molecule has 0 spiro atoms. The molecule has 142 valence electrons. The monoisotopic (exact) mass is 393 g/mol. The maximum Gasteiger partial charge on any atom is 0.274 e. The largest absolute Gasteiger partial charge is 0.322 e. The highest BCUT2D eigenvalue weighted by molar-refractivity contribution is 6.31. The van der Waals surface area contributed by atoms with Gasteiger partial charge >= 0.3 is 0 Å². The summed E-state index contributed by atoms with van der Waals surface area (Å²) in [6, 6.07) is 15.9. The van der Waals surface area contributed by atoms with E-state index >= 15 is 0 Å². The molecule has 5 nitrogen and oxygen atoms in total. The molecule has 0 aliphatic carbocycles. The van der Waals surface area contributed by atoms with Crippen LogP contribution in [0, 0.1) is 6.92 Å². The number of pyridine rings is 1. The minimum absolute atomic E-state index is 0.161. The highest BCUT2D eigenvalue weighted by Crippen LogP contribution is 2.20. The fraction of sp³-hybridized carbons (Fsp3) is 0.136. The van der Waals surface area contributed by atoms with Crippen molar-refractivity contribution in [3.05, 3.63) is 88.2 Å². The van der Waals surface area contributed by atoms with Crippen molar-refractivity contribution in [2.24, 2.45) is 0 Å². The van der Waals surface area contributed by atoms with E-state index < -0.39 is 0 Å². The van der Waals surface area contributed by atoms with Crippen molar-refractivity contribution in [2.75, 3.05) is 10.6 Å². The van der Waals surface area contributed by atoms with Crippen LogP contribution < -0.4 is 10.6 Å². The molecular weight excluding hydrogens is 374 g/mol. The predicted molar refractivity (Wildman–Crippen MR) is 112 cm³/mol. The second-order valence-electron chi connectivity index (χ2n) is 6.35. The van der Waals surface area contributed by atoms with Crippen LogP contribution in [0.5, 0.6) is 0 Å². The molecule has 0 saturated carbocycles. The van der Waals surface area contributed by atoms with Crippen molar-refractivity contribution >= 4 is 34.8 Å². The highest BCUT2D eigenvalue weighted by atomic mass is 35.5. The van der Waals surface area contributed by atoms with Gasteiger partial charge in [0, 0.05) is 28.2 Å². The highest BCUT2D eigenvalue weighted by Gasteiger charge is 2.13. The molecule has 1 aromatic heterocycles. The van der Waals surface area contributed by atoms with E-state index in [9.17, 15) is 9.59 Å². The van der Waals surface area contributed by atoms with Crippen molar-refractivity contribution in [2.45, 2.75) is 20.3 Å². The molecule has 0 bridgehead atoms. The van der Waals surface area contributed by atoms with Gasteiger partial charge in [-0.2, -0.15) is 0 Å². The number of hydrogen-bond donors (Lipinski definition) is 2. The summed E-state index contributed by atoms with van der Waals surface area (Å²) in [7, 11) is 0. The van der Waals surface area contributed by atoms with Gasteiger partial charge in [0.1, 0.15) is 5.69 Å². The molecule has 0 saturated heterocycles. The molecule has 2 aromatic carbocycles. The number of amides is 2. The molecule has 0 aliphatic rings. The molecule has 0 atom stereocenters. The number of aromatic nitrogens is 1. The van der Waals surface area contributed by atoms with Gasteiger partial charge in [-0.25, -0.2) is 0 Å². The average molecular weight is 394 g/mol. The molecule has 6 heteroatoms. The first-order valence-corrected chi connectivity index (χ1v) is 9.28. The van der Waals surface area contributed by atoms with Crippen LogP contribution in [0.2, 0.25) is 5.02 Å². The van der Waals surface area contributed by atoms with Crippen LogP contribution in [0.15, 0.2) is 60.8 Å². The minimum Gasteiger partial charge on any atom is -0.322 e. The number of hydrogen-bond acceptors (Lipinski definition) is 3. The first-order valence-electron chi connectivity index (χ1n) is 8.90. The molecule has 3 aromatic rings. The number of carbonyl (C=O) groups is 2. The van der Waals surface area contributed by atoms with E-state index in [-0.39, 0.29) is 17.5 Å². The number of aryl methyl sites for hydroxylation is 2. The van der Waals surface area contributed by atoms with Gasteiger partial charge in [0.05, 0.1) is 0 Å². The van der Waals surface area contributed by atoms with Crippen LogP contribution >= 0.6 is 11.6 Å². The fourth-order valence-electron chi connectivity index (χ4n) is 2.59. The third-order valence-corrected chi connectivity index (χ3v) is 4.71. The van der Waals surface area contributed by atoms with Crippen LogP contribution in [0.1, 0.15) is 38.9 Å². The maximum absolute atomic E-state index is 12.5. The first-order chi connectivity index (χ1) is 13.5. The van der Waals surface area contributed by atoms with E-state index in [4.69, 9.17) is 11.6 Å². The lowest BCUT2D eigenvalue weighted by molar-refractivity contribution is 0.102. The SMILES string of the molecule is CCc1ccc(NC(=O)c2cc(C(=O)Nc3ccc(C)c(Cl)c3)ccn2)cc1. The zero-order chi connectivity index (χ0) is 20.1. The molecule has 0 aliphatic heterocycles. The summed E-state index contributed by atoms with van der Waals surface area (Å²) in [6.45, 7) is 3.95. The van der Waals surface area contributed by atoms with Crippen molar-refractivity contribution in [3.63, 3.8) is 0 Å². The van der Waals surface area contributed by atoms with Gasteiger partial charge in [-0.15, -0.1) is 0 Å². The standard InChI is InChI=1S/C22H20ClN3O2/c1-3-15-5-8-17(9-6-15)25-22(28)20-12-16(10-11-24-20)21(27)26-18-7-4-14(2)19(23)13-18/h4-13H,3H2,1-2H3,(H,25,28)(H,26,27). The number of rotatable bonds is 5. The van der Waals surface area contributed by atoms with Crippen molar-refractivity contribution in [1.82, 2.24) is 4.98 Å². The van der Waals surface area contributed by atoms with Gasteiger partial charge in [0.15, 0.2) is 0 Å². The predicted octanol–water partition coefficient (Wildman–Crippen LogP) is 5.11. The number of carbonyl (C=O) groups excluding carboxylic acids is 2. The maximum atomic E-state index is 12.5. The summed E-state index contributed by atoms with van der Waals surface area (Å²) >= 11 is 6.09. The summed E-state index contributed by atoms with van der Waals surface area (Å²) in [4.78, 5) is 29.0. The van der Waals surface area contributed by atoms with Gasteiger partial charge in [-0.3, -0.25) is 14.6 Å². The zero-order valence-electron chi connectivity index (χ0n) is 15.6. The Morgan fingerprint density at radius 2 is 1.61 bits per heavy atom. The Kier molecular flexibility index (Phi) is 6.06. The number of benzene rings is 2. The van der Waals surface area contributed by atoms with Gasteiger partial charge in [0.2, 0.25) is 0 Å². The van der Waals surface area contributed by atoms with E-state index in [0.717, 1.165) is 12.0 Å². The molecule has 0 fully saturated rings. The summed E-state index contributed by atoms with van der Waals surface area (Å²) in [6.07, 6.45) is 2.37. The molecule has 3 rings (SSSR count). The Balaban J connectivity index is 1.72. The minimum atomic E-state index is -0.378. The van der Waals surface area contributed by atoms with E-state index in [0.29, 0.717) is 22.0 Å². The zero-order valence-corrected chi connectivity index (χ0v) is 16.4. The van der Waals surface area contributed by atoms with Crippen molar-refractivity contribution < 1.29 is 9.59 Å². The first kappa shape index (κ1) is 19.6. The Labute approximate surface area is 168 Å². The Morgan fingerprint density at radius 3 is 2.29 bits per heavy atom. The molecule has 2 amide bonds. The normalized spacial score (nSPS) is 10.4. The van der Waals surface area contributed by atoms with Gasteiger partial charge in [0.25, 0.3) is 11.8 Å².